The molecular formula is C24H21N3O4. The van der Waals surface area contributed by atoms with Crippen molar-refractivity contribution >= 4 is 5.97 Å². The maximum absolute atomic E-state index is 10.9. The minimum absolute atomic E-state index is 0.249. The molecule has 0 aliphatic rings. The van der Waals surface area contributed by atoms with Crippen molar-refractivity contribution in [2.75, 3.05) is 7.11 Å². The van der Waals surface area contributed by atoms with Gasteiger partial charge in [-0.15, -0.1) is 0 Å². The molecule has 0 bridgehead atoms. The van der Waals surface area contributed by atoms with Crippen molar-refractivity contribution in [2.24, 2.45) is 5.73 Å². The van der Waals surface area contributed by atoms with E-state index in [2.05, 4.69) is 10.1 Å². The van der Waals surface area contributed by atoms with Gasteiger partial charge in [0.1, 0.15) is 11.8 Å². The van der Waals surface area contributed by atoms with E-state index in [0.29, 0.717) is 11.7 Å². The van der Waals surface area contributed by atoms with Gasteiger partial charge in [-0.25, -0.2) is 0 Å². The second kappa shape index (κ2) is 8.81. The van der Waals surface area contributed by atoms with E-state index in [1.807, 2.05) is 72.8 Å². The molecule has 7 heteroatoms. The molecule has 0 amide bonds. The van der Waals surface area contributed by atoms with Gasteiger partial charge in [0, 0.05) is 11.1 Å². The molecule has 0 unspecified atom stereocenters. The molecule has 156 valence electrons. The van der Waals surface area contributed by atoms with Crippen molar-refractivity contribution in [1.82, 2.24) is 10.1 Å². The summed E-state index contributed by atoms with van der Waals surface area (Å²) >= 11 is 0. The molecule has 0 aliphatic carbocycles. The molecule has 4 aromatic rings. The molecular weight excluding hydrogens is 394 g/mol. The third-order valence-electron chi connectivity index (χ3n) is 4.95. The lowest BCUT2D eigenvalue weighted by Crippen LogP contribution is -2.32. The highest BCUT2D eigenvalue weighted by Crippen LogP contribution is 2.35. The predicted octanol–water partition coefficient (Wildman–Crippen LogP) is 4.03. The standard InChI is InChI=1S/C24H21N3O4/c1-30-18-11-12-19(20(14-18)16-5-3-2-4-6-16)23-26-22(27-31-23)17-9-7-15(8-10-17)13-21(25)24(28)29/h2-12,14,21H,13,25H2,1H3,(H,28,29)/t21-/m0/s1. The maximum Gasteiger partial charge on any atom is 0.320 e. The van der Waals surface area contributed by atoms with E-state index in [-0.39, 0.29) is 6.42 Å². The van der Waals surface area contributed by atoms with Crippen LogP contribution in [0.3, 0.4) is 0 Å². The topological polar surface area (TPSA) is 111 Å². The number of nitrogens with two attached hydrogens (primary N) is 1. The van der Waals surface area contributed by atoms with Crippen molar-refractivity contribution in [1.29, 1.82) is 0 Å². The first kappa shape index (κ1) is 20.3. The molecule has 7 nitrogen and oxygen atoms in total. The van der Waals surface area contributed by atoms with Crippen LogP contribution in [0.5, 0.6) is 5.75 Å². The number of aliphatic carboxylic acids is 1. The van der Waals surface area contributed by atoms with Gasteiger partial charge in [-0.1, -0.05) is 59.8 Å². The first-order valence-corrected chi connectivity index (χ1v) is 9.70. The van der Waals surface area contributed by atoms with E-state index in [1.165, 1.54) is 0 Å². The van der Waals surface area contributed by atoms with Crippen LogP contribution in [0.2, 0.25) is 0 Å². The summed E-state index contributed by atoms with van der Waals surface area (Å²) in [4.78, 5) is 15.5. The third-order valence-corrected chi connectivity index (χ3v) is 4.95. The Morgan fingerprint density at radius 1 is 1.03 bits per heavy atom. The fourth-order valence-corrected chi connectivity index (χ4v) is 3.27. The van der Waals surface area contributed by atoms with Crippen LogP contribution >= 0.6 is 0 Å². The molecule has 1 aromatic heterocycles. The van der Waals surface area contributed by atoms with E-state index >= 15 is 0 Å². The highest BCUT2D eigenvalue weighted by atomic mass is 16.5. The van der Waals surface area contributed by atoms with Crippen LogP contribution in [-0.4, -0.2) is 34.4 Å². The number of rotatable bonds is 7. The van der Waals surface area contributed by atoms with Crippen molar-refractivity contribution in [3.63, 3.8) is 0 Å². The van der Waals surface area contributed by atoms with Gasteiger partial charge < -0.3 is 20.1 Å². The molecule has 3 N–H and O–H groups in total. The molecule has 31 heavy (non-hydrogen) atoms. The van der Waals surface area contributed by atoms with Gasteiger partial charge in [0.05, 0.1) is 7.11 Å². The lowest BCUT2D eigenvalue weighted by atomic mass is 9.99. The van der Waals surface area contributed by atoms with Gasteiger partial charge in [-0.2, -0.15) is 4.98 Å². The van der Waals surface area contributed by atoms with Crippen molar-refractivity contribution in [2.45, 2.75) is 12.5 Å². The summed E-state index contributed by atoms with van der Waals surface area (Å²) < 4.78 is 11.0. The van der Waals surface area contributed by atoms with Crippen LogP contribution in [0.1, 0.15) is 5.56 Å². The van der Waals surface area contributed by atoms with Crippen LogP contribution < -0.4 is 10.5 Å². The Morgan fingerprint density at radius 2 is 1.77 bits per heavy atom. The van der Waals surface area contributed by atoms with Crippen LogP contribution in [0, 0.1) is 0 Å². The summed E-state index contributed by atoms with van der Waals surface area (Å²) in [6.45, 7) is 0. The van der Waals surface area contributed by atoms with Crippen molar-refractivity contribution in [3.05, 3.63) is 78.4 Å². The Bertz CT molecular complexity index is 1190. The van der Waals surface area contributed by atoms with Gasteiger partial charge in [0.25, 0.3) is 5.89 Å². The fraction of sp³-hybridized carbons (Fsp3) is 0.125. The number of hydrogen-bond acceptors (Lipinski definition) is 6. The zero-order valence-electron chi connectivity index (χ0n) is 16.9. The summed E-state index contributed by atoms with van der Waals surface area (Å²) in [7, 11) is 1.63. The van der Waals surface area contributed by atoms with E-state index in [9.17, 15) is 4.79 Å². The number of ether oxygens (including phenoxy) is 1. The SMILES string of the molecule is COc1ccc(-c2nc(-c3ccc(C[C@H](N)C(=O)O)cc3)no2)c(-c2ccccc2)c1. The average Bonchev–Trinajstić information content (AvgIpc) is 3.29. The van der Waals surface area contributed by atoms with Crippen LogP contribution in [-0.2, 0) is 11.2 Å². The quantitative estimate of drug-likeness (QED) is 0.469. The Labute approximate surface area is 179 Å². The maximum atomic E-state index is 10.9. The number of carboxylic acids is 1. The van der Waals surface area contributed by atoms with E-state index in [4.69, 9.17) is 20.1 Å². The van der Waals surface area contributed by atoms with Crippen molar-refractivity contribution in [3.8, 4) is 39.7 Å². The lowest BCUT2D eigenvalue weighted by Gasteiger charge is -2.09. The minimum Gasteiger partial charge on any atom is -0.497 e. The molecule has 0 saturated carbocycles. The smallest absolute Gasteiger partial charge is 0.320 e. The largest absolute Gasteiger partial charge is 0.497 e. The zero-order valence-corrected chi connectivity index (χ0v) is 16.9. The Balaban J connectivity index is 1.64. The average molecular weight is 415 g/mol. The highest BCUT2D eigenvalue weighted by molar-refractivity contribution is 5.81. The highest BCUT2D eigenvalue weighted by Gasteiger charge is 2.17. The predicted molar refractivity (Wildman–Crippen MR) is 116 cm³/mol. The Hall–Kier alpha value is -3.97. The molecule has 1 heterocycles. The monoisotopic (exact) mass is 415 g/mol. The van der Waals surface area contributed by atoms with Gasteiger partial charge in [0.15, 0.2) is 0 Å². The molecule has 0 saturated heterocycles. The number of benzene rings is 3. The number of carbonyl (C=O) groups is 1. The second-order valence-electron chi connectivity index (χ2n) is 7.05. The summed E-state index contributed by atoms with van der Waals surface area (Å²) in [5.74, 6) is 0.547. The molecule has 0 aliphatic heterocycles. The number of nitrogens with zero attached hydrogens (tertiary/aromatic N) is 2. The summed E-state index contributed by atoms with van der Waals surface area (Å²) in [5, 5.41) is 13.1. The first-order chi connectivity index (χ1) is 15.0. The van der Waals surface area contributed by atoms with E-state index in [1.54, 1.807) is 7.11 Å². The molecule has 1 atom stereocenters. The third kappa shape index (κ3) is 4.46. The van der Waals surface area contributed by atoms with Gasteiger partial charge in [-0.05, 0) is 41.3 Å². The summed E-state index contributed by atoms with van der Waals surface area (Å²) in [6, 6.07) is 22.0. The number of aromatic nitrogens is 2. The lowest BCUT2D eigenvalue weighted by molar-refractivity contribution is -0.138. The molecule has 0 radical (unpaired) electrons. The number of methoxy groups -OCH3 is 1. The Kier molecular flexibility index (Phi) is 5.77. The van der Waals surface area contributed by atoms with Gasteiger partial charge in [-0.3, -0.25) is 4.79 Å². The zero-order chi connectivity index (χ0) is 21.8. The Morgan fingerprint density at radius 3 is 2.45 bits per heavy atom. The normalized spacial score (nSPS) is 11.8. The fourth-order valence-electron chi connectivity index (χ4n) is 3.27. The minimum atomic E-state index is -1.03. The van der Waals surface area contributed by atoms with Crippen LogP contribution in [0.4, 0.5) is 0 Å². The van der Waals surface area contributed by atoms with E-state index in [0.717, 1.165) is 33.6 Å². The first-order valence-electron chi connectivity index (χ1n) is 9.70. The summed E-state index contributed by atoms with van der Waals surface area (Å²) in [6.07, 6.45) is 0.249. The summed E-state index contributed by atoms with van der Waals surface area (Å²) in [5.41, 5.74) is 9.92. The molecule has 3 aromatic carbocycles. The van der Waals surface area contributed by atoms with Gasteiger partial charge in [0.2, 0.25) is 5.82 Å². The second-order valence-corrected chi connectivity index (χ2v) is 7.05. The van der Waals surface area contributed by atoms with Crippen molar-refractivity contribution < 1.29 is 19.2 Å². The number of hydrogen-bond donors (Lipinski definition) is 2. The molecule has 0 spiro atoms. The van der Waals surface area contributed by atoms with Crippen LogP contribution in [0.15, 0.2) is 77.3 Å². The molecule has 0 fully saturated rings. The van der Waals surface area contributed by atoms with E-state index < -0.39 is 12.0 Å². The molecule has 4 rings (SSSR count). The van der Waals surface area contributed by atoms with Crippen LogP contribution in [0.25, 0.3) is 34.0 Å². The van der Waals surface area contributed by atoms with Gasteiger partial charge >= 0.3 is 5.97 Å². The number of carboxylic acid groups (broad SMARTS) is 1.